The predicted octanol–water partition coefficient (Wildman–Crippen LogP) is 4.49. The van der Waals surface area contributed by atoms with Crippen LogP contribution in [-0.2, 0) is 6.42 Å². The SMILES string of the molecule is CCc1ccc(C(CC)c2ccccc2C(=O)O)cc1. The number of hydrogen-bond donors (Lipinski definition) is 1. The van der Waals surface area contributed by atoms with Crippen LogP contribution in [0.25, 0.3) is 0 Å². The van der Waals surface area contributed by atoms with E-state index in [0.717, 1.165) is 18.4 Å². The van der Waals surface area contributed by atoms with Gasteiger partial charge >= 0.3 is 5.97 Å². The highest BCUT2D eigenvalue weighted by Gasteiger charge is 2.18. The molecule has 0 heterocycles. The van der Waals surface area contributed by atoms with Crippen molar-refractivity contribution in [2.75, 3.05) is 0 Å². The fraction of sp³-hybridized carbons (Fsp3) is 0.278. The summed E-state index contributed by atoms with van der Waals surface area (Å²) in [6.45, 7) is 4.23. The third kappa shape index (κ3) is 2.90. The predicted molar refractivity (Wildman–Crippen MR) is 81.4 cm³/mol. The van der Waals surface area contributed by atoms with Crippen LogP contribution in [0.15, 0.2) is 48.5 Å². The van der Waals surface area contributed by atoms with E-state index in [0.29, 0.717) is 5.56 Å². The van der Waals surface area contributed by atoms with Crippen molar-refractivity contribution in [2.24, 2.45) is 0 Å². The minimum absolute atomic E-state index is 0.133. The zero-order valence-electron chi connectivity index (χ0n) is 12.0. The van der Waals surface area contributed by atoms with E-state index in [1.807, 2.05) is 12.1 Å². The summed E-state index contributed by atoms with van der Waals surface area (Å²) in [6, 6.07) is 15.8. The first-order chi connectivity index (χ1) is 9.67. The van der Waals surface area contributed by atoms with Crippen LogP contribution in [0.4, 0.5) is 0 Å². The van der Waals surface area contributed by atoms with Gasteiger partial charge in [-0.25, -0.2) is 4.79 Å². The van der Waals surface area contributed by atoms with Crippen molar-refractivity contribution in [1.82, 2.24) is 0 Å². The van der Waals surface area contributed by atoms with Crippen molar-refractivity contribution >= 4 is 5.97 Å². The molecule has 20 heavy (non-hydrogen) atoms. The second-order valence-corrected chi connectivity index (χ2v) is 4.95. The molecule has 0 fully saturated rings. The van der Waals surface area contributed by atoms with Gasteiger partial charge in [0.05, 0.1) is 5.56 Å². The van der Waals surface area contributed by atoms with E-state index in [2.05, 4.69) is 38.1 Å². The molecule has 104 valence electrons. The summed E-state index contributed by atoms with van der Waals surface area (Å²) in [5.41, 5.74) is 3.78. The molecule has 0 aliphatic rings. The van der Waals surface area contributed by atoms with Crippen molar-refractivity contribution in [3.05, 3.63) is 70.8 Å². The van der Waals surface area contributed by atoms with E-state index in [1.165, 1.54) is 11.1 Å². The Morgan fingerprint density at radius 3 is 2.25 bits per heavy atom. The van der Waals surface area contributed by atoms with Gasteiger partial charge in [0.1, 0.15) is 0 Å². The lowest BCUT2D eigenvalue weighted by Crippen LogP contribution is -2.08. The first-order valence-corrected chi connectivity index (χ1v) is 7.08. The Labute approximate surface area is 120 Å². The number of benzene rings is 2. The molecule has 0 aliphatic carbocycles. The number of rotatable bonds is 5. The maximum Gasteiger partial charge on any atom is 0.335 e. The Balaban J connectivity index is 2.44. The highest BCUT2D eigenvalue weighted by molar-refractivity contribution is 5.89. The molecular formula is C18H20O2. The molecule has 2 aromatic carbocycles. The molecule has 2 aromatic rings. The lowest BCUT2D eigenvalue weighted by atomic mass is 9.86. The average Bonchev–Trinajstić information content (AvgIpc) is 2.49. The van der Waals surface area contributed by atoms with Gasteiger partial charge in [0.15, 0.2) is 0 Å². The summed E-state index contributed by atoms with van der Waals surface area (Å²) in [5.74, 6) is -0.725. The maximum atomic E-state index is 11.4. The van der Waals surface area contributed by atoms with E-state index in [-0.39, 0.29) is 5.92 Å². The highest BCUT2D eigenvalue weighted by Crippen LogP contribution is 2.30. The second kappa shape index (κ2) is 6.38. The Hall–Kier alpha value is -2.09. The number of carboxylic acids is 1. The lowest BCUT2D eigenvalue weighted by molar-refractivity contribution is 0.0695. The first kappa shape index (κ1) is 14.3. The van der Waals surface area contributed by atoms with E-state index in [9.17, 15) is 9.90 Å². The largest absolute Gasteiger partial charge is 0.478 e. The van der Waals surface area contributed by atoms with Crippen molar-refractivity contribution in [2.45, 2.75) is 32.6 Å². The van der Waals surface area contributed by atoms with Crippen LogP contribution in [0.1, 0.15) is 53.2 Å². The monoisotopic (exact) mass is 268 g/mol. The minimum atomic E-state index is -0.857. The van der Waals surface area contributed by atoms with Crippen molar-refractivity contribution in [1.29, 1.82) is 0 Å². The highest BCUT2D eigenvalue weighted by atomic mass is 16.4. The Morgan fingerprint density at radius 2 is 1.70 bits per heavy atom. The lowest BCUT2D eigenvalue weighted by Gasteiger charge is -2.18. The summed E-state index contributed by atoms with van der Waals surface area (Å²) in [5, 5.41) is 9.34. The normalized spacial score (nSPS) is 12.1. The van der Waals surface area contributed by atoms with Crippen LogP contribution < -0.4 is 0 Å². The number of hydrogen-bond acceptors (Lipinski definition) is 1. The van der Waals surface area contributed by atoms with Crippen molar-refractivity contribution in [3.63, 3.8) is 0 Å². The Bertz CT molecular complexity index is 585. The first-order valence-electron chi connectivity index (χ1n) is 7.08. The topological polar surface area (TPSA) is 37.3 Å². The standard InChI is InChI=1S/C18H20O2/c1-3-13-9-11-14(12-10-13)15(4-2)16-7-5-6-8-17(16)18(19)20/h5-12,15H,3-4H2,1-2H3,(H,19,20). The quantitative estimate of drug-likeness (QED) is 0.867. The Kier molecular flexibility index (Phi) is 4.57. The fourth-order valence-electron chi connectivity index (χ4n) is 2.62. The van der Waals surface area contributed by atoms with Crippen LogP contribution in [0.3, 0.4) is 0 Å². The van der Waals surface area contributed by atoms with Crippen LogP contribution in [0, 0.1) is 0 Å². The summed E-state index contributed by atoms with van der Waals surface area (Å²) >= 11 is 0. The molecule has 0 saturated heterocycles. The number of carbonyl (C=O) groups is 1. The molecule has 0 amide bonds. The number of aryl methyl sites for hydroxylation is 1. The van der Waals surface area contributed by atoms with Crippen LogP contribution in [0.2, 0.25) is 0 Å². The number of aromatic carboxylic acids is 1. The van der Waals surface area contributed by atoms with Crippen LogP contribution in [-0.4, -0.2) is 11.1 Å². The van der Waals surface area contributed by atoms with Gasteiger partial charge in [-0.2, -0.15) is 0 Å². The van der Waals surface area contributed by atoms with E-state index in [4.69, 9.17) is 0 Å². The minimum Gasteiger partial charge on any atom is -0.478 e. The molecule has 0 radical (unpaired) electrons. The Morgan fingerprint density at radius 1 is 1.05 bits per heavy atom. The van der Waals surface area contributed by atoms with Crippen LogP contribution >= 0.6 is 0 Å². The average molecular weight is 268 g/mol. The third-order valence-electron chi connectivity index (χ3n) is 3.77. The molecule has 1 atom stereocenters. The molecule has 0 aliphatic heterocycles. The van der Waals surface area contributed by atoms with Crippen molar-refractivity contribution < 1.29 is 9.90 Å². The van der Waals surface area contributed by atoms with Gasteiger partial charge in [-0.05, 0) is 35.6 Å². The third-order valence-corrected chi connectivity index (χ3v) is 3.77. The molecule has 0 saturated carbocycles. The van der Waals surface area contributed by atoms with E-state index >= 15 is 0 Å². The molecule has 0 bridgehead atoms. The van der Waals surface area contributed by atoms with Gasteiger partial charge in [-0.15, -0.1) is 0 Å². The maximum absolute atomic E-state index is 11.4. The van der Waals surface area contributed by atoms with E-state index < -0.39 is 5.97 Å². The molecule has 2 nitrogen and oxygen atoms in total. The molecular weight excluding hydrogens is 248 g/mol. The molecule has 1 N–H and O–H groups in total. The summed E-state index contributed by atoms with van der Waals surface area (Å²) in [4.78, 5) is 11.4. The molecule has 1 unspecified atom stereocenters. The molecule has 0 spiro atoms. The van der Waals surface area contributed by atoms with Gasteiger partial charge in [-0.3, -0.25) is 0 Å². The van der Waals surface area contributed by atoms with Crippen molar-refractivity contribution in [3.8, 4) is 0 Å². The van der Waals surface area contributed by atoms with Gasteiger partial charge in [-0.1, -0.05) is 56.3 Å². The fourth-order valence-corrected chi connectivity index (χ4v) is 2.62. The smallest absolute Gasteiger partial charge is 0.335 e. The van der Waals surface area contributed by atoms with Gasteiger partial charge < -0.3 is 5.11 Å². The van der Waals surface area contributed by atoms with E-state index in [1.54, 1.807) is 12.1 Å². The zero-order chi connectivity index (χ0) is 14.5. The second-order valence-electron chi connectivity index (χ2n) is 4.95. The van der Waals surface area contributed by atoms with Gasteiger partial charge in [0.25, 0.3) is 0 Å². The molecule has 2 heteroatoms. The summed E-state index contributed by atoms with van der Waals surface area (Å²) in [7, 11) is 0. The van der Waals surface area contributed by atoms with Gasteiger partial charge in [0.2, 0.25) is 0 Å². The zero-order valence-corrected chi connectivity index (χ0v) is 12.0. The number of carboxylic acid groups (broad SMARTS) is 1. The molecule has 0 aromatic heterocycles. The molecule has 2 rings (SSSR count). The summed E-state index contributed by atoms with van der Waals surface area (Å²) in [6.07, 6.45) is 1.90. The van der Waals surface area contributed by atoms with Gasteiger partial charge in [0, 0.05) is 5.92 Å². The summed E-state index contributed by atoms with van der Waals surface area (Å²) < 4.78 is 0. The van der Waals surface area contributed by atoms with Crippen LogP contribution in [0.5, 0.6) is 0 Å².